The summed E-state index contributed by atoms with van der Waals surface area (Å²) in [5.74, 6) is 0.354. The van der Waals surface area contributed by atoms with Crippen molar-refractivity contribution in [3.8, 4) is 0 Å². The summed E-state index contributed by atoms with van der Waals surface area (Å²) in [7, 11) is 0. The van der Waals surface area contributed by atoms with Crippen LogP contribution in [0, 0.1) is 5.92 Å². The van der Waals surface area contributed by atoms with E-state index in [-0.39, 0.29) is 11.1 Å². The Morgan fingerprint density at radius 3 is 2.94 bits per heavy atom. The van der Waals surface area contributed by atoms with Gasteiger partial charge in [0.05, 0.1) is 11.8 Å². The summed E-state index contributed by atoms with van der Waals surface area (Å²) in [6.45, 7) is 0.691. The van der Waals surface area contributed by atoms with E-state index in [0.717, 1.165) is 6.42 Å². The Morgan fingerprint density at radius 2 is 2.29 bits per heavy atom. The summed E-state index contributed by atoms with van der Waals surface area (Å²) in [6.07, 6.45) is 6.29. The van der Waals surface area contributed by atoms with Gasteiger partial charge >= 0.3 is 0 Å². The highest BCUT2D eigenvalue weighted by Crippen LogP contribution is 2.29. The molecule has 0 radical (unpaired) electrons. The van der Waals surface area contributed by atoms with Crippen molar-refractivity contribution in [1.82, 2.24) is 5.32 Å². The fourth-order valence-corrected chi connectivity index (χ4v) is 3.14. The van der Waals surface area contributed by atoms with Gasteiger partial charge in [-0.3, -0.25) is 4.79 Å². The van der Waals surface area contributed by atoms with Crippen LogP contribution in [0.25, 0.3) is 0 Å². The van der Waals surface area contributed by atoms with E-state index in [1.54, 1.807) is 6.07 Å². The van der Waals surface area contributed by atoms with E-state index in [2.05, 4.69) is 21.2 Å². The van der Waals surface area contributed by atoms with Crippen LogP contribution >= 0.6 is 27.5 Å². The van der Waals surface area contributed by atoms with Gasteiger partial charge in [-0.05, 0) is 36.4 Å². The zero-order valence-electron chi connectivity index (χ0n) is 9.42. The van der Waals surface area contributed by atoms with Gasteiger partial charge in [-0.25, -0.2) is 0 Å². The molecule has 1 N–H and O–H groups in total. The van der Waals surface area contributed by atoms with Gasteiger partial charge in [0.1, 0.15) is 0 Å². The Labute approximate surface area is 114 Å². The molecule has 0 aliphatic heterocycles. The molecular weight excluding hydrogens is 305 g/mol. The monoisotopic (exact) mass is 319 g/mol. The summed E-state index contributed by atoms with van der Waals surface area (Å²) in [5, 5.41) is 3.07. The predicted molar refractivity (Wildman–Crippen MR) is 70.7 cm³/mol. The summed E-state index contributed by atoms with van der Waals surface area (Å²) < 4.78 is 4.89. The highest BCUT2D eigenvalue weighted by Gasteiger charge is 2.23. The van der Waals surface area contributed by atoms with Crippen molar-refractivity contribution < 1.29 is 9.21 Å². The van der Waals surface area contributed by atoms with Crippen LogP contribution in [0.1, 0.15) is 36.0 Å². The first-order chi connectivity index (χ1) is 8.18. The van der Waals surface area contributed by atoms with Crippen LogP contribution in [0.4, 0.5) is 0 Å². The molecule has 17 heavy (non-hydrogen) atoms. The van der Waals surface area contributed by atoms with Crippen molar-refractivity contribution >= 4 is 33.4 Å². The third kappa shape index (κ3) is 3.26. The number of carbonyl (C=O) groups excluding carboxylic acids is 1. The first-order valence-electron chi connectivity index (χ1n) is 5.83. The number of hydrogen-bond acceptors (Lipinski definition) is 2. The van der Waals surface area contributed by atoms with Crippen LogP contribution in [0.5, 0.6) is 0 Å². The third-order valence-corrected chi connectivity index (χ3v) is 4.70. The van der Waals surface area contributed by atoms with Crippen LogP contribution in [-0.4, -0.2) is 17.3 Å². The average molecular weight is 321 g/mol. The zero-order chi connectivity index (χ0) is 12.3. The van der Waals surface area contributed by atoms with Crippen LogP contribution in [0.3, 0.4) is 0 Å². The van der Waals surface area contributed by atoms with Gasteiger partial charge < -0.3 is 9.73 Å². The largest absolute Gasteiger partial charge is 0.452 e. The lowest BCUT2D eigenvalue weighted by Gasteiger charge is -2.27. The molecule has 1 aliphatic carbocycles. The van der Waals surface area contributed by atoms with Gasteiger partial charge in [-0.15, -0.1) is 0 Å². The molecule has 1 amide bonds. The van der Waals surface area contributed by atoms with Gasteiger partial charge in [0, 0.05) is 11.4 Å². The number of furan rings is 1. The maximum Gasteiger partial charge on any atom is 0.256 e. The number of halogens is 2. The summed E-state index contributed by atoms with van der Waals surface area (Å²) in [4.78, 5) is 12.3. The Morgan fingerprint density at radius 1 is 1.53 bits per heavy atom. The number of amides is 1. The maximum atomic E-state index is 11.8. The fraction of sp³-hybridized carbons (Fsp3) is 0.583. The molecule has 0 aromatic carbocycles. The van der Waals surface area contributed by atoms with Crippen LogP contribution in [0.15, 0.2) is 16.7 Å². The van der Waals surface area contributed by atoms with Crippen molar-refractivity contribution in [2.24, 2.45) is 5.92 Å². The second kappa shape index (κ2) is 5.91. The molecule has 3 nitrogen and oxygen atoms in total. The second-order valence-corrected chi connectivity index (χ2v) is 5.90. The second-order valence-electron chi connectivity index (χ2n) is 4.38. The van der Waals surface area contributed by atoms with Gasteiger partial charge in [0.25, 0.3) is 5.91 Å². The van der Waals surface area contributed by atoms with Crippen molar-refractivity contribution in [2.75, 3.05) is 6.54 Å². The molecule has 0 saturated heterocycles. The minimum atomic E-state index is -0.158. The highest BCUT2D eigenvalue weighted by atomic mass is 79.9. The molecular formula is C12H15BrClNO2. The Balaban J connectivity index is 1.86. The van der Waals surface area contributed by atoms with Crippen molar-refractivity contribution in [1.29, 1.82) is 0 Å². The minimum absolute atomic E-state index is 0.154. The number of hydrogen-bond donors (Lipinski definition) is 1. The molecule has 2 rings (SSSR count). The molecule has 0 bridgehead atoms. The molecule has 2 atom stereocenters. The highest BCUT2D eigenvalue weighted by molar-refractivity contribution is 9.09. The third-order valence-electron chi connectivity index (χ3n) is 3.20. The molecule has 0 spiro atoms. The summed E-state index contributed by atoms with van der Waals surface area (Å²) in [6, 6.07) is 1.59. The van der Waals surface area contributed by atoms with E-state index in [4.69, 9.17) is 16.0 Å². The molecule has 1 aromatic heterocycles. The number of carbonyl (C=O) groups is 1. The van der Waals surface area contributed by atoms with Gasteiger partial charge in [-0.1, -0.05) is 28.8 Å². The lowest BCUT2D eigenvalue weighted by Crippen LogP contribution is -2.34. The van der Waals surface area contributed by atoms with Gasteiger partial charge in [-0.2, -0.15) is 0 Å². The first kappa shape index (κ1) is 13.0. The SMILES string of the molecule is O=C(NCC1CCCCC1Br)c1ccoc1Cl. The molecule has 94 valence electrons. The van der Waals surface area contributed by atoms with Crippen molar-refractivity contribution in [3.63, 3.8) is 0 Å². The topological polar surface area (TPSA) is 42.2 Å². The molecule has 1 aliphatic rings. The van der Waals surface area contributed by atoms with Crippen molar-refractivity contribution in [3.05, 3.63) is 23.1 Å². The molecule has 1 fully saturated rings. The first-order valence-corrected chi connectivity index (χ1v) is 7.13. The summed E-state index contributed by atoms with van der Waals surface area (Å²) in [5.41, 5.74) is 0.411. The lowest BCUT2D eigenvalue weighted by atomic mass is 9.89. The maximum absolute atomic E-state index is 11.8. The van der Waals surface area contributed by atoms with Crippen LogP contribution < -0.4 is 5.32 Å². The molecule has 1 aromatic rings. The lowest BCUT2D eigenvalue weighted by molar-refractivity contribution is 0.0944. The van der Waals surface area contributed by atoms with Crippen molar-refractivity contribution in [2.45, 2.75) is 30.5 Å². The Bertz CT molecular complexity index is 394. The molecule has 1 heterocycles. The molecule has 5 heteroatoms. The molecule has 2 unspecified atom stereocenters. The van der Waals surface area contributed by atoms with E-state index in [9.17, 15) is 4.79 Å². The molecule has 1 saturated carbocycles. The average Bonchev–Trinajstić information content (AvgIpc) is 2.74. The predicted octanol–water partition coefficient (Wildman–Crippen LogP) is 3.62. The quantitative estimate of drug-likeness (QED) is 0.864. The minimum Gasteiger partial charge on any atom is -0.452 e. The van der Waals surface area contributed by atoms with E-state index >= 15 is 0 Å². The Kier molecular flexibility index (Phi) is 4.51. The zero-order valence-corrected chi connectivity index (χ0v) is 11.8. The van der Waals surface area contributed by atoms with Gasteiger partial charge in [0.2, 0.25) is 5.22 Å². The van der Waals surface area contributed by atoms with E-state index < -0.39 is 0 Å². The van der Waals surface area contributed by atoms with Gasteiger partial charge in [0.15, 0.2) is 0 Å². The van der Waals surface area contributed by atoms with Crippen LogP contribution in [0.2, 0.25) is 5.22 Å². The summed E-state index contributed by atoms with van der Waals surface area (Å²) >= 11 is 9.42. The van der Waals surface area contributed by atoms with Crippen LogP contribution in [-0.2, 0) is 0 Å². The van der Waals surface area contributed by atoms with E-state index in [0.29, 0.717) is 22.9 Å². The van der Waals surface area contributed by atoms with E-state index in [1.807, 2.05) is 0 Å². The van der Waals surface area contributed by atoms with E-state index in [1.165, 1.54) is 25.5 Å². The number of rotatable bonds is 3. The number of nitrogens with one attached hydrogen (secondary N) is 1. The standard InChI is InChI=1S/C12H15BrClNO2/c13-10-4-2-1-3-8(10)7-15-12(16)9-5-6-17-11(9)14/h5-6,8,10H,1-4,7H2,(H,15,16). The smallest absolute Gasteiger partial charge is 0.256 e. The Hall–Kier alpha value is -0.480. The fourth-order valence-electron chi connectivity index (χ4n) is 2.17. The normalized spacial score (nSPS) is 24.6. The number of alkyl halides is 1.